The Morgan fingerprint density at radius 2 is 2.05 bits per heavy atom. The topological polar surface area (TPSA) is 75.1 Å². The van der Waals surface area contributed by atoms with Crippen molar-refractivity contribution >= 4 is 16.7 Å². The minimum atomic E-state index is -1.88. The van der Waals surface area contributed by atoms with E-state index >= 15 is 0 Å². The predicted molar refractivity (Wildman–Crippen MR) is 77.8 cm³/mol. The lowest BCUT2D eigenvalue weighted by molar-refractivity contribution is 0.0228. The van der Waals surface area contributed by atoms with Gasteiger partial charge in [0, 0.05) is 4.91 Å². The number of nitrogens with zero attached hydrogens (tertiary/aromatic N) is 3. The first-order chi connectivity index (χ1) is 10.0. The summed E-state index contributed by atoms with van der Waals surface area (Å²) in [4.78, 5) is 14.4. The van der Waals surface area contributed by atoms with E-state index in [-0.39, 0.29) is 6.54 Å². The summed E-state index contributed by atoms with van der Waals surface area (Å²) in [5, 5.41) is 5.06. The monoisotopic (exact) mass is 287 g/mol. The van der Waals surface area contributed by atoms with E-state index in [9.17, 15) is 9.18 Å². The van der Waals surface area contributed by atoms with Crippen molar-refractivity contribution in [1.82, 2.24) is 0 Å². The molecule has 0 bridgehead atoms. The number of halogens is 1. The van der Waals surface area contributed by atoms with Crippen LogP contribution in [0.15, 0.2) is 47.6 Å². The number of hydrogen-bond donors (Lipinski definition) is 0. The van der Waals surface area contributed by atoms with E-state index in [0.717, 1.165) is 10.8 Å². The second-order valence-corrected chi connectivity index (χ2v) is 4.94. The fraction of sp³-hybridized carbons (Fsp3) is 0.267. The van der Waals surface area contributed by atoms with Crippen molar-refractivity contribution in [2.75, 3.05) is 13.2 Å². The second-order valence-electron chi connectivity index (χ2n) is 4.94. The van der Waals surface area contributed by atoms with E-state index in [0.29, 0.717) is 5.56 Å². The van der Waals surface area contributed by atoms with Gasteiger partial charge in [0.2, 0.25) is 0 Å². The van der Waals surface area contributed by atoms with Gasteiger partial charge in [-0.2, -0.15) is 0 Å². The molecule has 0 aliphatic carbocycles. The van der Waals surface area contributed by atoms with Gasteiger partial charge in [-0.1, -0.05) is 35.4 Å². The molecule has 2 aromatic rings. The lowest BCUT2D eigenvalue weighted by Gasteiger charge is -2.17. The normalized spacial score (nSPS) is 13.2. The minimum absolute atomic E-state index is 0.355. The quantitative estimate of drug-likeness (QED) is 0.360. The van der Waals surface area contributed by atoms with Gasteiger partial charge >= 0.3 is 5.97 Å². The molecular formula is C15H14FN3O2. The molecule has 0 aliphatic rings. The first kappa shape index (κ1) is 14.8. The highest BCUT2D eigenvalue weighted by Crippen LogP contribution is 2.17. The lowest BCUT2D eigenvalue weighted by atomic mass is 10.1. The third-order valence-electron chi connectivity index (χ3n) is 2.95. The molecular weight excluding hydrogens is 273 g/mol. The highest BCUT2D eigenvalue weighted by Gasteiger charge is 2.25. The van der Waals surface area contributed by atoms with E-state index in [1.54, 1.807) is 18.2 Å². The summed E-state index contributed by atoms with van der Waals surface area (Å²) >= 11 is 0. The third-order valence-corrected chi connectivity index (χ3v) is 2.95. The molecule has 0 N–H and O–H groups in total. The zero-order valence-electron chi connectivity index (χ0n) is 11.5. The van der Waals surface area contributed by atoms with Crippen LogP contribution in [0, 0.1) is 0 Å². The van der Waals surface area contributed by atoms with Gasteiger partial charge in [0.15, 0.2) is 0 Å². The van der Waals surface area contributed by atoms with Crippen LogP contribution in [-0.2, 0) is 4.74 Å². The van der Waals surface area contributed by atoms with Crippen LogP contribution in [0.5, 0.6) is 0 Å². The maximum absolute atomic E-state index is 13.9. The summed E-state index contributed by atoms with van der Waals surface area (Å²) in [6, 6.07) is 12.7. The lowest BCUT2D eigenvalue weighted by Crippen LogP contribution is -2.30. The minimum Gasteiger partial charge on any atom is -0.459 e. The second kappa shape index (κ2) is 6.24. The largest absolute Gasteiger partial charge is 0.459 e. The maximum Gasteiger partial charge on any atom is 0.338 e. The van der Waals surface area contributed by atoms with Crippen molar-refractivity contribution in [1.29, 1.82) is 0 Å². The highest BCUT2D eigenvalue weighted by atomic mass is 19.1. The first-order valence-electron chi connectivity index (χ1n) is 6.37. The Labute approximate surface area is 121 Å². The van der Waals surface area contributed by atoms with Gasteiger partial charge in [0.25, 0.3) is 0 Å². The molecule has 0 aromatic heterocycles. The molecule has 1 unspecified atom stereocenters. The number of carbonyl (C=O) groups excluding carboxylic acids is 1. The molecule has 0 amide bonds. The molecule has 5 nitrogen and oxygen atoms in total. The number of benzene rings is 2. The maximum atomic E-state index is 13.9. The Morgan fingerprint density at radius 3 is 2.76 bits per heavy atom. The van der Waals surface area contributed by atoms with Gasteiger partial charge in [-0.3, -0.25) is 0 Å². The van der Waals surface area contributed by atoms with Crippen molar-refractivity contribution in [2.45, 2.75) is 12.6 Å². The van der Waals surface area contributed by atoms with Crippen LogP contribution in [-0.4, -0.2) is 24.8 Å². The number of carbonyl (C=O) groups is 1. The molecule has 0 saturated heterocycles. The number of alkyl halides is 1. The molecule has 0 radical (unpaired) electrons. The summed E-state index contributed by atoms with van der Waals surface area (Å²) in [6.07, 6.45) is 0. The average Bonchev–Trinajstić information content (AvgIpc) is 2.50. The standard InChI is InChI=1S/C15H14FN3O2/c1-15(16,9-18-19-17)10-21-14(20)13-7-6-11-4-2-3-5-12(11)8-13/h2-8H,9-10H2,1H3. The molecule has 6 heteroatoms. The molecule has 0 aliphatic heterocycles. The number of rotatable bonds is 5. The summed E-state index contributed by atoms with van der Waals surface area (Å²) in [5.41, 5.74) is 6.65. The van der Waals surface area contributed by atoms with Crippen LogP contribution < -0.4 is 0 Å². The van der Waals surface area contributed by atoms with E-state index in [1.165, 1.54) is 6.92 Å². The van der Waals surface area contributed by atoms with Gasteiger partial charge in [-0.15, -0.1) is 0 Å². The molecule has 1 atom stereocenters. The molecule has 2 rings (SSSR count). The van der Waals surface area contributed by atoms with Crippen molar-refractivity contribution in [3.63, 3.8) is 0 Å². The average molecular weight is 287 g/mol. The van der Waals surface area contributed by atoms with Gasteiger partial charge in [0.1, 0.15) is 12.3 Å². The van der Waals surface area contributed by atoms with Crippen molar-refractivity contribution < 1.29 is 13.9 Å². The van der Waals surface area contributed by atoms with Crippen LogP contribution in [0.4, 0.5) is 4.39 Å². The van der Waals surface area contributed by atoms with Crippen LogP contribution in [0.2, 0.25) is 0 Å². The zero-order valence-corrected chi connectivity index (χ0v) is 11.5. The van der Waals surface area contributed by atoms with Crippen LogP contribution in [0.1, 0.15) is 17.3 Å². The van der Waals surface area contributed by atoms with Crippen molar-refractivity contribution in [2.24, 2.45) is 5.11 Å². The van der Waals surface area contributed by atoms with E-state index < -0.39 is 18.2 Å². The Hall–Kier alpha value is -2.59. The van der Waals surface area contributed by atoms with Gasteiger partial charge in [-0.25, -0.2) is 9.18 Å². The fourth-order valence-corrected chi connectivity index (χ4v) is 1.84. The van der Waals surface area contributed by atoms with E-state index in [4.69, 9.17) is 10.3 Å². The Balaban J connectivity index is 2.06. The molecule has 21 heavy (non-hydrogen) atoms. The van der Waals surface area contributed by atoms with E-state index in [1.807, 2.05) is 24.3 Å². The Morgan fingerprint density at radius 1 is 1.33 bits per heavy atom. The molecule has 0 heterocycles. The molecule has 0 saturated carbocycles. The molecule has 108 valence electrons. The first-order valence-corrected chi connectivity index (χ1v) is 6.37. The fourth-order valence-electron chi connectivity index (χ4n) is 1.84. The summed E-state index contributed by atoms with van der Waals surface area (Å²) in [7, 11) is 0. The molecule has 0 spiro atoms. The van der Waals surface area contributed by atoms with Crippen molar-refractivity contribution in [3.05, 3.63) is 58.5 Å². The van der Waals surface area contributed by atoms with Crippen molar-refractivity contribution in [3.8, 4) is 0 Å². The number of fused-ring (bicyclic) bond motifs is 1. The van der Waals surface area contributed by atoms with Crippen LogP contribution in [0.3, 0.4) is 0 Å². The number of hydrogen-bond acceptors (Lipinski definition) is 3. The smallest absolute Gasteiger partial charge is 0.338 e. The summed E-state index contributed by atoms with van der Waals surface area (Å²) in [6.45, 7) is 0.377. The Bertz CT molecular complexity index is 709. The van der Waals surface area contributed by atoms with Gasteiger partial charge in [-0.05, 0) is 35.4 Å². The van der Waals surface area contributed by atoms with Crippen LogP contribution in [0.25, 0.3) is 21.2 Å². The number of esters is 1. The number of ether oxygens (including phenoxy) is 1. The van der Waals surface area contributed by atoms with Gasteiger partial charge < -0.3 is 4.74 Å². The third kappa shape index (κ3) is 3.94. The summed E-state index contributed by atoms with van der Waals surface area (Å²) < 4.78 is 18.8. The van der Waals surface area contributed by atoms with E-state index in [2.05, 4.69) is 10.0 Å². The zero-order chi connectivity index (χ0) is 15.3. The van der Waals surface area contributed by atoms with Gasteiger partial charge in [0.05, 0.1) is 12.1 Å². The molecule has 2 aromatic carbocycles. The SMILES string of the molecule is CC(F)(CN=[N+]=[N-])COC(=O)c1ccc2ccccc2c1. The summed E-state index contributed by atoms with van der Waals surface area (Å²) in [5.74, 6) is -0.606. The van der Waals surface area contributed by atoms with Crippen LogP contribution >= 0.6 is 0 Å². The highest BCUT2D eigenvalue weighted by molar-refractivity contribution is 5.95. The number of azide groups is 1. The predicted octanol–water partition coefficient (Wildman–Crippen LogP) is 4.04. The molecule has 0 fully saturated rings. The Kier molecular flexibility index (Phi) is 4.40.